The van der Waals surface area contributed by atoms with E-state index in [1.807, 2.05) is 18.2 Å². The number of rotatable bonds is 4. The van der Waals surface area contributed by atoms with Gasteiger partial charge in [0.2, 0.25) is 0 Å². The summed E-state index contributed by atoms with van der Waals surface area (Å²) in [7, 11) is 0. The Kier molecular flexibility index (Phi) is 3.93. The number of nitrogens with one attached hydrogen (secondary N) is 1. The van der Waals surface area contributed by atoms with Gasteiger partial charge in [-0.3, -0.25) is 14.9 Å². The fraction of sp³-hybridized carbons (Fsp3) is 0. The van der Waals surface area contributed by atoms with E-state index in [9.17, 15) is 14.9 Å². The van der Waals surface area contributed by atoms with Crippen molar-refractivity contribution in [3.8, 4) is 11.3 Å². The maximum atomic E-state index is 12.3. The van der Waals surface area contributed by atoms with Gasteiger partial charge in [-0.05, 0) is 6.07 Å². The molecule has 0 atom stereocenters. The topological polar surface area (TPSA) is 111 Å². The summed E-state index contributed by atoms with van der Waals surface area (Å²) in [6, 6.07) is 15.1. The molecule has 1 heterocycles. The largest absolute Gasteiger partial charge is 0.377 e. The van der Waals surface area contributed by atoms with E-state index in [2.05, 4.69) is 9.77 Å². The van der Waals surface area contributed by atoms with Gasteiger partial charge in [-0.25, -0.2) is 4.98 Å². The van der Waals surface area contributed by atoms with Crippen LogP contribution in [0.15, 0.2) is 54.6 Å². The number of nitrogens with zero attached hydrogens (tertiary/aromatic N) is 3. The molecule has 0 aliphatic heterocycles. The summed E-state index contributed by atoms with van der Waals surface area (Å²) < 4.78 is 0. The number of Topliss-reactive ketones (excluding diaryl/α,β-unsaturated/α-hetero) is 1. The van der Waals surface area contributed by atoms with Gasteiger partial charge in [-0.15, -0.1) is 0 Å². The Morgan fingerprint density at radius 2 is 1.92 bits per heavy atom. The Morgan fingerprint density at radius 1 is 1.17 bits per heavy atom. The molecule has 0 aliphatic rings. The molecular formula is C17H11N4O3+. The third kappa shape index (κ3) is 2.67. The average molecular weight is 319 g/mol. The van der Waals surface area contributed by atoms with Gasteiger partial charge >= 0.3 is 6.21 Å². The molecule has 0 saturated carbocycles. The van der Waals surface area contributed by atoms with Crippen LogP contribution in [-0.2, 0) is 0 Å². The van der Waals surface area contributed by atoms with Gasteiger partial charge in [0, 0.05) is 22.6 Å². The van der Waals surface area contributed by atoms with Crippen LogP contribution in [0.5, 0.6) is 0 Å². The van der Waals surface area contributed by atoms with E-state index in [-0.39, 0.29) is 16.8 Å². The number of carbonyl (C=O) groups is 1. The van der Waals surface area contributed by atoms with Crippen molar-refractivity contribution >= 4 is 28.6 Å². The molecule has 116 valence electrons. The van der Waals surface area contributed by atoms with Crippen LogP contribution in [0, 0.1) is 15.6 Å². The van der Waals surface area contributed by atoms with E-state index < -0.39 is 10.7 Å². The first-order valence-electron chi connectivity index (χ1n) is 6.99. The Morgan fingerprint density at radius 3 is 2.58 bits per heavy atom. The zero-order valence-corrected chi connectivity index (χ0v) is 12.3. The smallest absolute Gasteiger partial charge is 0.281 e. The summed E-state index contributed by atoms with van der Waals surface area (Å²) in [5, 5.41) is 11.6. The maximum absolute atomic E-state index is 12.3. The highest BCUT2D eigenvalue weighted by molar-refractivity contribution is 6.36. The number of carbonyl (C=O) groups excluding carboxylic acids is 1. The third-order valence-corrected chi connectivity index (χ3v) is 3.53. The number of non-ortho nitro benzene ring substituents is 1. The molecule has 0 amide bonds. The summed E-state index contributed by atoms with van der Waals surface area (Å²) in [6.45, 7) is 0. The molecule has 24 heavy (non-hydrogen) atoms. The summed E-state index contributed by atoms with van der Waals surface area (Å²) in [4.78, 5) is 30.4. The molecule has 0 spiro atoms. The van der Waals surface area contributed by atoms with E-state index in [4.69, 9.17) is 5.53 Å². The SMILES string of the molecule is N=[N+]=CC(=O)c1cc(-c2ccccc2)nc2c([N+](=O)[O-])cccc12. The van der Waals surface area contributed by atoms with Gasteiger partial charge < -0.3 is 0 Å². The second kappa shape index (κ2) is 6.20. The van der Waals surface area contributed by atoms with Crippen molar-refractivity contribution < 1.29 is 14.5 Å². The second-order valence-corrected chi connectivity index (χ2v) is 4.97. The second-order valence-electron chi connectivity index (χ2n) is 4.97. The van der Waals surface area contributed by atoms with Gasteiger partial charge in [0.15, 0.2) is 0 Å². The highest BCUT2D eigenvalue weighted by atomic mass is 16.6. The number of hydrogen-bond donors (Lipinski definition) is 1. The number of aromatic nitrogens is 1. The lowest BCUT2D eigenvalue weighted by Gasteiger charge is -2.07. The highest BCUT2D eigenvalue weighted by Gasteiger charge is 2.21. The zero-order chi connectivity index (χ0) is 17.1. The van der Waals surface area contributed by atoms with Crippen LogP contribution >= 0.6 is 0 Å². The number of para-hydroxylation sites is 1. The normalized spacial score (nSPS) is 10.2. The number of pyridine rings is 1. The molecule has 0 bridgehead atoms. The summed E-state index contributed by atoms with van der Waals surface area (Å²) in [5.74, 6) is -0.505. The Labute approximate surface area is 136 Å². The molecule has 0 fully saturated rings. The molecule has 2 aromatic carbocycles. The van der Waals surface area contributed by atoms with E-state index in [1.54, 1.807) is 24.3 Å². The molecule has 7 nitrogen and oxygen atoms in total. The Balaban J connectivity index is 2.40. The van der Waals surface area contributed by atoms with Gasteiger partial charge in [-0.1, -0.05) is 42.5 Å². The minimum Gasteiger partial charge on any atom is -0.281 e. The molecule has 0 aliphatic carbocycles. The van der Waals surface area contributed by atoms with Crippen molar-refractivity contribution in [2.24, 2.45) is 0 Å². The fourth-order valence-corrected chi connectivity index (χ4v) is 2.47. The average Bonchev–Trinajstić information content (AvgIpc) is 2.61. The molecule has 0 saturated heterocycles. The Bertz CT molecular complexity index is 1010. The number of hydrogen-bond acceptors (Lipinski definition) is 5. The third-order valence-electron chi connectivity index (χ3n) is 3.53. The molecule has 7 heteroatoms. The predicted octanol–water partition coefficient (Wildman–Crippen LogP) is 3.30. The lowest BCUT2D eigenvalue weighted by atomic mass is 10.0. The van der Waals surface area contributed by atoms with Gasteiger partial charge in [0.05, 0.1) is 20.9 Å². The standard InChI is InChI=1S/C17H11N4O3/c18-19-10-16(22)13-9-14(11-5-2-1-3-6-11)20-17-12(13)7-4-8-15(17)21(23)24/h1-10,18H/q+1. The maximum Gasteiger partial charge on any atom is 0.377 e. The van der Waals surface area contributed by atoms with Crippen LogP contribution in [0.3, 0.4) is 0 Å². The van der Waals surface area contributed by atoms with Crippen LogP contribution < -0.4 is 0 Å². The van der Waals surface area contributed by atoms with Gasteiger partial charge in [0.1, 0.15) is 5.52 Å². The van der Waals surface area contributed by atoms with Crippen LogP contribution in [0.2, 0.25) is 0 Å². The first-order chi connectivity index (χ1) is 11.6. The molecule has 1 aromatic heterocycles. The molecular weight excluding hydrogens is 308 g/mol. The molecule has 0 unspecified atom stereocenters. The van der Waals surface area contributed by atoms with Crippen molar-refractivity contribution in [1.29, 1.82) is 5.53 Å². The first-order valence-corrected chi connectivity index (χ1v) is 6.99. The minimum absolute atomic E-state index is 0.130. The monoisotopic (exact) mass is 319 g/mol. The highest BCUT2D eigenvalue weighted by Crippen LogP contribution is 2.30. The van der Waals surface area contributed by atoms with Gasteiger partial charge in [-0.2, -0.15) is 0 Å². The van der Waals surface area contributed by atoms with Crippen LogP contribution in [0.4, 0.5) is 5.69 Å². The van der Waals surface area contributed by atoms with E-state index >= 15 is 0 Å². The molecule has 3 rings (SSSR count). The lowest BCUT2D eigenvalue weighted by molar-refractivity contribution is -0.383. The van der Waals surface area contributed by atoms with Crippen LogP contribution in [-0.4, -0.2) is 26.7 Å². The van der Waals surface area contributed by atoms with Gasteiger partial charge in [0.25, 0.3) is 11.5 Å². The summed E-state index contributed by atoms with van der Waals surface area (Å²) in [6.07, 6.45) is 0.863. The van der Waals surface area contributed by atoms with Crippen LogP contribution in [0.25, 0.3) is 22.2 Å². The number of benzene rings is 2. The molecule has 0 radical (unpaired) electrons. The van der Waals surface area contributed by atoms with Crippen molar-refractivity contribution in [1.82, 2.24) is 4.98 Å². The van der Waals surface area contributed by atoms with Crippen LogP contribution in [0.1, 0.15) is 10.4 Å². The van der Waals surface area contributed by atoms with E-state index in [0.29, 0.717) is 11.1 Å². The Hall–Kier alpha value is -3.70. The van der Waals surface area contributed by atoms with E-state index in [1.165, 1.54) is 12.1 Å². The number of ketones is 1. The molecule has 1 N–H and O–H groups in total. The predicted molar refractivity (Wildman–Crippen MR) is 87.2 cm³/mol. The van der Waals surface area contributed by atoms with E-state index in [0.717, 1.165) is 11.8 Å². The van der Waals surface area contributed by atoms with Crippen molar-refractivity contribution in [3.63, 3.8) is 0 Å². The zero-order valence-electron chi connectivity index (χ0n) is 12.3. The number of nitro benzene ring substituents is 1. The van der Waals surface area contributed by atoms with Crippen molar-refractivity contribution in [2.75, 3.05) is 0 Å². The fourth-order valence-electron chi connectivity index (χ4n) is 2.47. The summed E-state index contributed by atoms with van der Waals surface area (Å²) >= 11 is 0. The number of nitro groups is 1. The first kappa shape index (κ1) is 15.2. The summed E-state index contributed by atoms with van der Waals surface area (Å²) in [5.41, 5.74) is 8.19. The minimum atomic E-state index is -0.531. The quantitative estimate of drug-likeness (QED) is 0.198. The number of fused-ring (bicyclic) bond motifs is 1. The molecule has 3 aromatic rings. The lowest BCUT2D eigenvalue weighted by Crippen LogP contribution is -2.05. The van der Waals surface area contributed by atoms with Crippen molar-refractivity contribution in [2.45, 2.75) is 0 Å². The van der Waals surface area contributed by atoms with Crippen molar-refractivity contribution in [3.05, 3.63) is 70.3 Å².